The van der Waals surface area contributed by atoms with Gasteiger partial charge in [0.05, 0.1) is 12.8 Å². The van der Waals surface area contributed by atoms with Gasteiger partial charge in [-0.05, 0) is 42.9 Å². The number of amides is 2. The summed E-state index contributed by atoms with van der Waals surface area (Å²) in [5.74, 6) is 1.61. The van der Waals surface area contributed by atoms with Gasteiger partial charge < -0.3 is 14.2 Å². The lowest BCUT2D eigenvalue weighted by molar-refractivity contribution is -0.144. The van der Waals surface area contributed by atoms with Crippen LogP contribution in [0.15, 0.2) is 53.1 Å². The Bertz CT molecular complexity index is 853. The highest BCUT2D eigenvalue weighted by molar-refractivity contribution is 5.85. The first kappa shape index (κ1) is 23.6. The average molecular weight is 451 g/mol. The van der Waals surface area contributed by atoms with Crippen LogP contribution in [0.25, 0.3) is 0 Å². The van der Waals surface area contributed by atoms with Crippen LogP contribution in [0.5, 0.6) is 0 Å². The van der Waals surface area contributed by atoms with Crippen LogP contribution in [0.2, 0.25) is 0 Å². The number of hydrogen-bond donors (Lipinski definition) is 0. The summed E-state index contributed by atoms with van der Waals surface area (Å²) in [6, 6.07) is 14.0. The summed E-state index contributed by atoms with van der Waals surface area (Å²) in [5.41, 5.74) is 1.08. The van der Waals surface area contributed by atoms with E-state index < -0.39 is 0 Å². The lowest BCUT2D eigenvalue weighted by atomic mass is 9.93. The minimum atomic E-state index is -0.00459. The molecule has 2 aliphatic rings. The fraction of sp³-hybridized carbons (Fsp3) is 0.571. The van der Waals surface area contributed by atoms with Crippen LogP contribution in [0, 0.1) is 5.92 Å². The highest BCUT2D eigenvalue weighted by atomic mass is 16.3. The zero-order valence-electron chi connectivity index (χ0n) is 19.8. The summed E-state index contributed by atoms with van der Waals surface area (Å²) < 4.78 is 5.54. The Morgan fingerprint density at radius 2 is 1.55 bits per heavy atom. The molecule has 1 heterocycles. The van der Waals surface area contributed by atoms with Gasteiger partial charge in [-0.1, -0.05) is 75.3 Å². The van der Waals surface area contributed by atoms with Crippen molar-refractivity contribution in [3.63, 3.8) is 0 Å². The molecule has 0 saturated heterocycles. The third-order valence-corrected chi connectivity index (χ3v) is 7.38. The Kier molecular flexibility index (Phi) is 8.62. The van der Waals surface area contributed by atoms with Gasteiger partial charge >= 0.3 is 0 Å². The van der Waals surface area contributed by atoms with E-state index in [9.17, 15) is 9.59 Å². The summed E-state index contributed by atoms with van der Waals surface area (Å²) in [5, 5.41) is 0. The highest BCUT2D eigenvalue weighted by Crippen LogP contribution is 2.30. The number of rotatable bonds is 10. The van der Waals surface area contributed by atoms with Gasteiger partial charge in [0.15, 0.2) is 0 Å². The second-order valence-electron chi connectivity index (χ2n) is 9.82. The molecule has 178 valence electrons. The zero-order chi connectivity index (χ0) is 22.9. The minimum Gasteiger partial charge on any atom is -0.467 e. The topological polar surface area (TPSA) is 53.8 Å². The number of benzene rings is 1. The number of hydrogen-bond acceptors (Lipinski definition) is 3. The fourth-order valence-corrected chi connectivity index (χ4v) is 5.46. The largest absolute Gasteiger partial charge is 0.467 e. The van der Waals surface area contributed by atoms with E-state index in [2.05, 4.69) is 0 Å². The van der Waals surface area contributed by atoms with Crippen LogP contribution >= 0.6 is 0 Å². The summed E-state index contributed by atoms with van der Waals surface area (Å²) in [4.78, 5) is 30.7. The van der Waals surface area contributed by atoms with Crippen molar-refractivity contribution in [1.29, 1.82) is 0 Å². The van der Waals surface area contributed by atoms with Crippen molar-refractivity contribution >= 4 is 11.8 Å². The average Bonchev–Trinajstić information content (AvgIpc) is 3.56. The predicted octanol–water partition coefficient (Wildman–Crippen LogP) is 5.94. The van der Waals surface area contributed by atoms with Gasteiger partial charge in [-0.15, -0.1) is 0 Å². The van der Waals surface area contributed by atoms with Gasteiger partial charge in [-0.2, -0.15) is 0 Å². The molecule has 5 nitrogen and oxygen atoms in total. The Morgan fingerprint density at radius 3 is 2.24 bits per heavy atom. The van der Waals surface area contributed by atoms with Crippen LogP contribution in [-0.2, 0) is 22.7 Å². The number of carbonyl (C=O) groups is 2. The molecule has 0 N–H and O–H groups in total. The van der Waals surface area contributed by atoms with E-state index in [0.717, 1.165) is 43.4 Å². The van der Waals surface area contributed by atoms with Crippen molar-refractivity contribution in [3.8, 4) is 0 Å². The number of nitrogens with zero attached hydrogens (tertiary/aromatic N) is 2. The van der Waals surface area contributed by atoms with E-state index in [1.165, 1.54) is 32.1 Å². The van der Waals surface area contributed by atoms with Crippen LogP contribution in [-0.4, -0.2) is 34.2 Å². The molecule has 2 aromatic rings. The number of carbonyl (C=O) groups excluding carboxylic acids is 2. The Labute approximate surface area is 198 Å². The molecular weight excluding hydrogens is 412 g/mol. The molecule has 2 amide bonds. The van der Waals surface area contributed by atoms with Crippen LogP contribution in [0.1, 0.15) is 82.0 Å². The molecule has 0 unspecified atom stereocenters. The summed E-state index contributed by atoms with van der Waals surface area (Å²) in [6.07, 6.45) is 13.8. The van der Waals surface area contributed by atoms with Crippen LogP contribution in [0.4, 0.5) is 0 Å². The van der Waals surface area contributed by atoms with Crippen molar-refractivity contribution in [2.75, 3.05) is 6.54 Å². The molecule has 2 saturated carbocycles. The van der Waals surface area contributed by atoms with E-state index in [4.69, 9.17) is 4.42 Å². The van der Waals surface area contributed by atoms with Gasteiger partial charge in [0.25, 0.3) is 0 Å². The molecule has 0 aliphatic heterocycles. The Morgan fingerprint density at radius 1 is 0.818 bits per heavy atom. The molecule has 2 fully saturated rings. The Hall–Kier alpha value is -2.56. The maximum atomic E-state index is 13.6. The molecule has 2 aliphatic carbocycles. The van der Waals surface area contributed by atoms with Crippen LogP contribution < -0.4 is 0 Å². The van der Waals surface area contributed by atoms with Crippen molar-refractivity contribution in [2.24, 2.45) is 5.92 Å². The molecule has 5 heteroatoms. The maximum Gasteiger partial charge on any atom is 0.242 e. The first-order chi connectivity index (χ1) is 16.2. The van der Waals surface area contributed by atoms with E-state index >= 15 is 0 Å². The molecule has 4 rings (SSSR count). The van der Waals surface area contributed by atoms with Gasteiger partial charge in [0.2, 0.25) is 11.8 Å². The first-order valence-corrected chi connectivity index (χ1v) is 12.8. The summed E-state index contributed by atoms with van der Waals surface area (Å²) in [6.45, 7) is 1.09. The highest BCUT2D eigenvalue weighted by Gasteiger charge is 2.30. The molecule has 1 aromatic carbocycles. The van der Waals surface area contributed by atoms with E-state index in [-0.39, 0.29) is 24.4 Å². The first-order valence-electron chi connectivity index (χ1n) is 12.8. The van der Waals surface area contributed by atoms with E-state index in [1.807, 2.05) is 52.3 Å². The third-order valence-electron chi connectivity index (χ3n) is 7.38. The second-order valence-corrected chi connectivity index (χ2v) is 9.82. The molecule has 1 aromatic heterocycles. The van der Waals surface area contributed by atoms with Gasteiger partial charge in [0.1, 0.15) is 12.3 Å². The van der Waals surface area contributed by atoms with Crippen molar-refractivity contribution in [2.45, 2.75) is 89.8 Å². The zero-order valence-corrected chi connectivity index (χ0v) is 19.8. The van der Waals surface area contributed by atoms with Crippen LogP contribution in [0.3, 0.4) is 0 Å². The quantitative estimate of drug-likeness (QED) is 0.450. The van der Waals surface area contributed by atoms with Gasteiger partial charge in [-0.25, -0.2) is 0 Å². The molecule has 0 spiro atoms. The third kappa shape index (κ3) is 6.96. The van der Waals surface area contributed by atoms with Crippen molar-refractivity contribution in [1.82, 2.24) is 9.80 Å². The van der Waals surface area contributed by atoms with E-state index in [0.29, 0.717) is 25.4 Å². The second kappa shape index (κ2) is 12.1. The van der Waals surface area contributed by atoms with Crippen molar-refractivity contribution in [3.05, 3.63) is 60.1 Å². The standard InChI is InChI=1S/C28H38N2O3/c31-27(18-17-23-10-7-8-11-23)30(25-14-5-2-6-15-25)22-28(32)29(21-26-16-9-19-33-26)20-24-12-3-1-4-13-24/h1,3-4,9,12-13,16,19,23,25H,2,5-8,10-11,14-15,17-18,20-22H2. The smallest absolute Gasteiger partial charge is 0.242 e. The normalized spacial score (nSPS) is 17.2. The number of furan rings is 1. The Balaban J connectivity index is 1.45. The molecule has 0 bridgehead atoms. The fourth-order valence-electron chi connectivity index (χ4n) is 5.46. The van der Waals surface area contributed by atoms with Gasteiger partial charge in [0, 0.05) is 19.0 Å². The minimum absolute atomic E-state index is 0.00459. The van der Waals surface area contributed by atoms with E-state index in [1.54, 1.807) is 6.26 Å². The summed E-state index contributed by atoms with van der Waals surface area (Å²) >= 11 is 0. The molecule has 33 heavy (non-hydrogen) atoms. The van der Waals surface area contributed by atoms with Crippen molar-refractivity contribution < 1.29 is 14.0 Å². The lowest BCUT2D eigenvalue weighted by Crippen LogP contribution is -2.48. The summed E-state index contributed by atoms with van der Waals surface area (Å²) in [7, 11) is 0. The monoisotopic (exact) mass is 450 g/mol. The van der Waals surface area contributed by atoms with Gasteiger partial charge in [-0.3, -0.25) is 9.59 Å². The lowest BCUT2D eigenvalue weighted by Gasteiger charge is -2.35. The molecule has 0 radical (unpaired) electrons. The molecule has 0 atom stereocenters. The molecular formula is C28H38N2O3. The maximum absolute atomic E-state index is 13.6. The predicted molar refractivity (Wildman–Crippen MR) is 129 cm³/mol. The SMILES string of the molecule is O=C(CN(C(=O)CCC1CCCC1)C1CCCCC1)N(Cc1ccccc1)Cc1ccco1.